The number of rotatable bonds is 6. The molecular weight excluding hydrogens is 337 g/mol. The Morgan fingerprint density at radius 2 is 1.84 bits per heavy atom. The second kappa shape index (κ2) is 6.62. The van der Waals surface area contributed by atoms with Gasteiger partial charge in [-0.2, -0.15) is 22.0 Å². The minimum absolute atomic E-state index is 0.113. The van der Waals surface area contributed by atoms with Crippen molar-refractivity contribution in [2.24, 2.45) is 0 Å². The molecule has 8 heteroatoms. The maximum Gasteiger partial charge on any atom is 0.482 e. The lowest BCUT2D eigenvalue weighted by atomic mass is 10.2. The first kappa shape index (κ1) is 16.3. The zero-order valence-corrected chi connectivity index (χ0v) is 11.2. The highest BCUT2D eigenvalue weighted by atomic mass is 79.9. The summed E-state index contributed by atoms with van der Waals surface area (Å²) in [5.74, 6) is 0. The molecule has 0 fully saturated rings. The van der Waals surface area contributed by atoms with Crippen LogP contribution < -0.4 is 5.32 Å². The molecule has 19 heavy (non-hydrogen) atoms. The molecule has 1 N–H and O–H groups in total. The van der Waals surface area contributed by atoms with E-state index in [0.717, 1.165) is 10.0 Å². The molecule has 0 heterocycles. The van der Waals surface area contributed by atoms with Crippen LogP contribution in [0.25, 0.3) is 0 Å². The van der Waals surface area contributed by atoms with Gasteiger partial charge in [0.25, 0.3) is 0 Å². The van der Waals surface area contributed by atoms with Crippen LogP contribution in [-0.4, -0.2) is 25.4 Å². The van der Waals surface area contributed by atoms with Crippen LogP contribution in [0.2, 0.25) is 0 Å². The van der Waals surface area contributed by atoms with Crippen LogP contribution in [0.3, 0.4) is 0 Å². The Morgan fingerprint density at radius 1 is 1.16 bits per heavy atom. The number of halogens is 6. The predicted octanol–water partition coefficient (Wildman–Crippen LogP) is 3.71. The summed E-state index contributed by atoms with van der Waals surface area (Å²) in [5.41, 5.74) is 0.872. The summed E-state index contributed by atoms with van der Waals surface area (Å²) in [5, 5.41) is 2.71. The normalized spacial score (nSPS) is 12.7. The number of benzene rings is 1. The third-order valence-electron chi connectivity index (χ3n) is 2.11. The Bertz CT molecular complexity index is 410. The maximum absolute atomic E-state index is 12.4. The van der Waals surface area contributed by atoms with Gasteiger partial charge in [-0.1, -0.05) is 28.1 Å². The van der Waals surface area contributed by atoms with E-state index in [1.165, 1.54) is 0 Å². The Hall–Kier alpha value is -0.730. The lowest BCUT2D eigenvalue weighted by Gasteiger charge is -2.19. The average Bonchev–Trinajstić information content (AvgIpc) is 2.27. The van der Waals surface area contributed by atoms with Gasteiger partial charge in [-0.05, 0) is 17.7 Å². The first-order valence-corrected chi connectivity index (χ1v) is 6.05. The Labute approximate surface area is 115 Å². The van der Waals surface area contributed by atoms with Crippen LogP contribution in [0, 0.1) is 0 Å². The second-order valence-corrected chi connectivity index (χ2v) is 4.59. The van der Waals surface area contributed by atoms with Gasteiger partial charge in [0.05, 0.1) is 6.61 Å². The first-order valence-electron chi connectivity index (χ1n) is 5.26. The van der Waals surface area contributed by atoms with Gasteiger partial charge in [0.2, 0.25) is 0 Å². The monoisotopic (exact) mass is 347 g/mol. The van der Waals surface area contributed by atoms with E-state index in [0.29, 0.717) is 6.54 Å². The summed E-state index contributed by atoms with van der Waals surface area (Å²) in [7, 11) is 0. The fourth-order valence-corrected chi connectivity index (χ4v) is 1.66. The van der Waals surface area contributed by atoms with Crippen molar-refractivity contribution in [2.45, 2.75) is 18.8 Å². The molecule has 0 saturated heterocycles. The molecule has 1 aromatic carbocycles. The van der Waals surface area contributed by atoms with Crippen LogP contribution in [0.4, 0.5) is 22.0 Å². The Morgan fingerprint density at radius 3 is 2.42 bits per heavy atom. The summed E-state index contributed by atoms with van der Waals surface area (Å²) in [4.78, 5) is 0. The molecule has 1 aromatic rings. The van der Waals surface area contributed by atoms with Crippen molar-refractivity contribution in [3.05, 3.63) is 34.3 Å². The van der Waals surface area contributed by atoms with Crippen LogP contribution in [-0.2, 0) is 11.3 Å². The molecule has 0 bridgehead atoms. The van der Waals surface area contributed by atoms with Gasteiger partial charge in [0, 0.05) is 17.6 Å². The molecule has 2 nitrogen and oxygen atoms in total. The van der Waals surface area contributed by atoms with Gasteiger partial charge in [0.1, 0.15) is 0 Å². The largest absolute Gasteiger partial charge is 0.482 e. The highest BCUT2D eigenvalue weighted by Crippen LogP contribution is 2.35. The van der Waals surface area contributed by atoms with E-state index in [4.69, 9.17) is 0 Å². The fraction of sp³-hybridized carbons (Fsp3) is 0.455. The predicted molar refractivity (Wildman–Crippen MR) is 62.8 cm³/mol. The molecule has 0 aliphatic carbocycles. The molecule has 0 aliphatic heterocycles. The van der Waals surface area contributed by atoms with Crippen molar-refractivity contribution in [3.8, 4) is 0 Å². The molecule has 0 unspecified atom stereocenters. The minimum Gasteiger partial charge on any atom is -0.312 e. The van der Waals surface area contributed by atoms with Crippen LogP contribution >= 0.6 is 15.9 Å². The molecule has 0 saturated carbocycles. The van der Waals surface area contributed by atoms with Crippen molar-refractivity contribution in [2.75, 3.05) is 13.2 Å². The van der Waals surface area contributed by atoms with E-state index in [9.17, 15) is 22.0 Å². The molecule has 1 rings (SSSR count). The Balaban J connectivity index is 2.25. The van der Waals surface area contributed by atoms with Crippen LogP contribution in [0.15, 0.2) is 28.7 Å². The van der Waals surface area contributed by atoms with Gasteiger partial charge in [-0.3, -0.25) is 0 Å². The highest BCUT2D eigenvalue weighted by Gasteiger charge is 2.59. The highest BCUT2D eigenvalue weighted by molar-refractivity contribution is 9.10. The molecule has 0 amide bonds. The zero-order chi connectivity index (χ0) is 14.5. The van der Waals surface area contributed by atoms with E-state index >= 15 is 0 Å². The summed E-state index contributed by atoms with van der Waals surface area (Å²) in [6.07, 6.45) is -10.8. The summed E-state index contributed by atoms with van der Waals surface area (Å²) >= 11 is 3.26. The maximum atomic E-state index is 12.4. The number of hydrogen-bond acceptors (Lipinski definition) is 2. The van der Waals surface area contributed by atoms with E-state index in [-0.39, 0.29) is 6.54 Å². The van der Waals surface area contributed by atoms with Crippen molar-refractivity contribution in [3.63, 3.8) is 0 Å². The summed E-state index contributed by atoms with van der Waals surface area (Å²) in [6, 6.07) is 7.20. The van der Waals surface area contributed by atoms with Gasteiger partial charge in [0.15, 0.2) is 0 Å². The lowest BCUT2D eigenvalue weighted by molar-refractivity contribution is -0.390. The van der Waals surface area contributed by atoms with Crippen molar-refractivity contribution < 1.29 is 26.7 Å². The van der Waals surface area contributed by atoms with E-state index in [1.54, 1.807) is 18.2 Å². The number of ether oxygens (including phenoxy) is 1. The van der Waals surface area contributed by atoms with E-state index in [2.05, 4.69) is 26.0 Å². The molecular formula is C11H11BrF5NO. The van der Waals surface area contributed by atoms with Gasteiger partial charge in [-0.15, -0.1) is 0 Å². The first-order chi connectivity index (χ1) is 8.72. The van der Waals surface area contributed by atoms with Gasteiger partial charge in [-0.25, -0.2) is 0 Å². The molecule has 0 aliphatic rings. The molecule has 108 valence electrons. The summed E-state index contributed by atoms with van der Waals surface area (Å²) < 4.78 is 64.3. The SMILES string of the molecule is FC(F)(F)C(F)(F)OCCNCc1cccc(Br)c1. The summed E-state index contributed by atoms with van der Waals surface area (Å²) in [6.45, 7) is -0.501. The third kappa shape index (κ3) is 5.42. The number of alkyl halides is 5. The second-order valence-electron chi connectivity index (χ2n) is 3.67. The average molecular weight is 348 g/mol. The smallest absolute Gasteiger partial charge is 0.312 e. The fourth-order valence-electron chi connectivity index (χ4n) is 1.21. The number of hydrogen-bond donors (Lipinski definition) is 1. The van der Waals surface area contributed by atoms with Gasteiger partial charge < -0.3 is 10.1 Å². The zero-order valence-electron chi connectivity index (χ0n) is 9.61. The molecule has 0 aromatic heterocycles. The molecule has 0 spiro atoms. The minimum atomic E-state index is -5.68. The van der Waals surface area contributed by atoms with E-state index in [1.807, 2.05) is 6.07 Å². The van der Waals surface area contributed by atoms with Crippen LogP contribution in [0.1, 0.15) is 5.56 Å². The topological polar surface area (TPSA) is 21.3 Å². The van der Waals surface area contributed by atoms with Crippen LogP contribution in [0.5, 0.6) is 0 Å². The molecule has 0 atom stereocenters. The standard InChI is InChI=1S/C11H11BrF5NO/c12-9-3-1-2-8(6-9)7-18-4-5-19-11(16,17)10(13,14)15/h1-3,6,18H,4-5,7H2. The lowest BCUT2D eigenvalue weighted by Crippen LogP contribution is -2.40. The van der Waals surface area contributed by atoms with Crippen molar-refractivity contribution in [1.29, 1.82) is 0 Å². The van der Waals surface area contributed by atoms with Crippen molar-refractivity contribution >= 4 is 15.9 Å². The Kier molecular flexibility index (Phi) is 5.69. The van der Waals surface area contributed by atoms with E-state index < -0.39 is 18.9 Å². The third-order valence-corrected chi connectivity index (χ3v) is 2.60. The quantitative estimate of drug-likeness (QED) is 0.625. The molecule has 0 radical (unpaired) electrons. The number of nitrogens with one attached hydrogen (secondary N) is 1. The van der Waals surface area contributed by atoms with Crippen molar-refractivity contribution in [1.82, 2.24) is 5.32 Å². The van der Waals surface area contributed by atoms with Gasteiger partial charge >= 0.3 is 12.3 Å².